The van der Waals surface area contributed by atoms with Crippen LogP contribution in [0.1, 0.15) is 88.7 Å². The largest absolute Gasteiger partial charge is 0.478 e. The molecule has 0 spiro atoms. The van der Waals surface area contributed by atoms with E-state index < -0.39 is 17.5 Å². The van der Waals surface area contributed by atoms with E-state index in [1.807, 2.05) is 16.7 Å². The molecule has 3 fully saturated rings. The van der Waals surface area contributed by atoms with Crippen LogP contribution in [-0.4, -0.2) is 55.1 Å². The van der Waals surface area contributed by atoms with Gasteiger partial charge in [-0.25, -0.2) is 23.5 Å². The number of carboxylic acid groups (broad SMARTS) is 1. The number of carbonyl (C=O) groups excluding carboxylic acids is 1. The van der Waals surface area contributed by atoms with E-state index in [1.165, 1.54) is 6.07 Å². The van der Waals surface area contributed by atoms with Crippen LogP contribution in [0.15, 0.2) is 54.6 Å². The van der Waals surface area contributed by atoms with Crippen molar-refractivity contribution in [2.75, 3.05) is 13.1 Å². The highest BCUT2D eigenvalue weighted by Crippen LogP contribution is 2.39. The van der Waals surface area contributed by atoms with Gasteiger partial charge in [-0.1, -0.05) is 18.2 Å². The molecule has 2 aliphatic carbocycles. The van der Waals surface area contributed by atoms with Gasteiger partial charge in [0.25, 0.3) is 0 Å². The summed E-state index contributed by atoms with van der Waals surface area (Å²) >= 11 is 0. The van der Waals surface area contributed by atoms with Gasteiger partial charge in [-0.3, -0.25) is 9.69 Å². The molecule has 3 heterocycles. The molecule has 1 saturated heterocycles. The third-order valence-electron chi connectivity index (χ3n) is 9.54. The average Bonchev–Trinajstić information content (AvgIpc) is 3.83. The fourth-order valence-corrected chi connectivity index (χ4v) is 6.48. The van der Waals surface area contributed by atoms with Gasteiger partial charge < -0.3 is 14.4 Å². The first-order valence-electron chi connectivity index (χ1n) is 15.8. The van der Waals surface area contributed by atoms with E-state index in [4.69, 9.17) is 14.7 Å². The van der Waals surface area contributed by atoms with Crippen LogP contribution in [0.3, 0.4) is 0 Å². The van der Waals surface area contributed by atoms with Gasteiger partial charge >= 0.3 is 5.97 Å². The van der Waals surface area contributed by atoms with Crippen molar-refractivity contribution in [3.63, 3.8) is 0 Å². The number of hydrogen-bond donors (Lipinski definition) is 1. The molecular weight excluding hydrogens is 578 g/mol. The fourth-order valence-electron chi connectivity index (χ4n) is 6.48. The lowest BCUT2D eigenvalue weighted by Crippen LogP contribution is -2.38. The highest BCUT2D eigenvalue weighted by atomic mass is 19.1. The molecule has 8 nitrogen and oxygen atoms in total. The van der Waals surface area contributed by atoms with E-state index in [2.05, 4.69) is 4.90 Å². The van der Waals surface area contributed by atoms with Gasteiger partial charge in [-0.15, -0.1) is 0 Å². The lowest BCUT2D eigenvalue weighted by Gasteiger charge is -2.35. The molecule has 10 heteroatoms. The van der Waals surface area contributed by atoms with Crippen molar-refractivity contribution in [1.82, 2.24) is 19.4 Å². The number of Topliss-reactive ketones (excluding diaryl/α,β-unsaturated/α-hetero) is 1. The molecule has 0 amide bonds. The number of carboxylic acids is 1. The number of likely N-dealkylation sites (tertiary alicyclic amines) is 1. The third kappa shape index (κ3) is 6.33. The van der Waals surface area contributed by atoms with Gasteiger partial charge in [-0.05, 0) is 88.4 Å². The summed E-state index contributed by atoms with van der Waals surface area (Å²) in [6, 6.07) is 15.1. The third-order valence-corrected chi connectivity index (χ3v) is 9.54. The molecular formula is C35H36F2N4O4. The molecule has 0 radical (unpaired) electrons. The lowest BCUT2D eigenvalue weighted by molar-refractivity contribution is 0.0436. The highest BCUT2D eigenvalue weighted by Gasteiger charge is 2.38. The summed E-state index contributed by atoms with van der Waals surface area (Å²) in [7, 11) is 0. The molecule has 0 unspecified atom stereocenters. The summed E-state index contributed by atoms with van der Waals surface area (Å²) in [6.45, 7) is 2.36. The summed E-state index contributed by atoms with van der Waals surface area (Å²) in [5.41, 5.74) is 1.94. The van der Waals surface area contributed by atoms with Gasteiger partial charge in [0.05, 0.1) is 29.7 Å². The number of ether oxygens (including phenoxy) is 1. The van der Waals surface area contributed by atoms with Crippen LogP contribution in [-0.2, 0) is 19.7 Å². The Bertz CT molecular complexity index is 1760. The number of nitrogens with zero attached hydrogens (tertiary/aromatic N) is 4. The maximum absolute atomic E-state index is 15.3. The Balaban J connectivity index is 0.989. The van der Waals surface area contributed by atoms with Gasteiger partial charge in [0.15, 0.2) is 5.78 Å². The van der Waals surface area contributed by atoms with E-state index in [0.29, 0.717) is 47.4 Å². The van der Waals surface area contributed by atoms with Gasteiger partial charge in [0.1, 0.15) is 23.9 Å². The minimum absolute atomic E-state index is 0.0107. The second-order valence-electron chi connectivity index (χ2n) is 12.8. The number of piperidine rings is 1. The number of ketones is 1. The monoisotopic (exact) mass is 614 g/mol. The number of aromatic carboxylic acids is 1. The van der Waals surface area contributed by atoms with Crippen molar-refractivity contribution in [3.8, 4) is 5.88 Å². The standard InChI is InChI=1S/C35H36F2N4O4/c36-27-17-24(33(42)23-5-6-23)7-8-26(27)20-45-32-4-1-3-28(39-32)22-11-15-40(16-12-22)19-31-38-29-10-9-25(34(43)44)18-30(29)41(31)21-35(37)13-2-14-35/h1,3-4,7-10,17-18,22-23H,2,5-6,11-16,19-21H2,(H,43,44). The van der Waals surface area contributed by atoms with Crippen LogP contribution in [0.2, 0.25) is 0 Å². The van der Waals surface area contributed by atoms with Gasteiger partial charge in [0, 0.05) is 34.7 Å². The molecule has 1 aliphatic heterocycles. The molecule has 45 heavy (non-hydrogen) atoms. The number of hydrogen-bond acceptors (Lipinski definition) is 6. The van der Waals surface area contributed by atoms with Crippen molar-refractivity contribution < 1.29 is 28.2 Å². The normalized spacial score (nSPS) is 18.5. The van der Waals surface area contributed by atoms with Crippen molar-refractivity contribution >= 4 is 22.8 Å². The molecule has 2 aromatic heterocycles. The number of halogens is 2. The summed E-state index contributed by atoms with van der Waals surface area (Å²) in [5, 5.41) is 9.51. The van der Waals surface area contributed by atoms with Crippen molar-refractivity contribution in [2.24, 2.45) is 5.92 Å². The molecule has 2 aromatic carbocycles. The maximum atomic E-state index is 15.3. The van der Waals surface area contributed by atoms with E-state index in [-0.39, 0.29) is 36.3 Å². The second-order valence-corrected chi connectivity index (χ2v) is 12.8. The Morgan fingerprint density at radius 3 is 2.44 bits per heavy atom. The quantitative estimate of drug-likeness (QED) is 0.188. The van der Waals surface area contributed by atoms with E-state index in [9.17, 15) is 19.1 Å². The van der Waals surface area contributed by atoms with Crippen LogP contribution >= 0.6 is 0 Å². The first-order chi connectivity index (χ1) is 21.7. The van der Waals surface area contributed by atoms with E-state index >= 15 is 4.39 Å². The average molecular weight is 615 g/mol. The molecule has 4 aromatic rings. The summed E-state index contributed by atoms with van der Waals surface area (Å²) < 4.78 is 37.7. The van der Waals surface area contributed by atoms with Gasteiger partial charge in [-0.2, -0.15) is 0 Å². The zero-order chi connectivity index (χ0) is 31.1. The number of alkyl halides is 1. The zero-order valence-corrected chi connectivity index (χ0v) is 25.1. The number of aromatic nitrogens is 3. The minimum Gasteiger partial charge on any atom is -0.478 e. The van der Waals surface area contributed by atoms with Crippen LogP contribution in [0.4, 0.5) is 8.78 Å². The number of rotatable bonds is 11. The van der Waals surface area contributed by atoms with E-state index in [0.717, 1.165) is 56.7 Å². The Labute approximate surface area is 260 Å². The first kappa shape index (κ1) is 29.5. The van der Waals surface area contributed by atoms with Gasteiger partial charge in [0.2, 0.25) is 5.88 Å². The molecule has 2 saturated carbocycles. The van der Waals surface area contributed by atoms with Crippen molar-refractivity contribution in [2.45, 2.75) is 76.2 Å². The number of fused-ring (bicyclic) bond motifs is 1. The van der Waals surface area contributed by atoms with Crippen molar-refractivity contribution in [3.05, 3.63) is 88.6 Å². The smallest absolute Gasteiger partial charge is 0.335 e. The predicted molar refractivity (Wildman–Crippen MR) is 164 cm³/mol. The summed E-state index contributed by atoms with van der Waals surface area (Å²) in [4.78, 5) is 35.7. The number of imidazole rings is 1. The van der Waals surface area contributed by atoms with Crippen LogP contribution in [0, 0.1) is 11.7 Å². The fraction of sp³-hybridized carbons (Fsp3) is 0.429. The topological polar surface area (TPSA) is 97.5 Å². The number of pyridine rings is 1. The molecule has 0 bridgehead atoms. The van der Waals surface area contributed by atoms with Crippen LogP contribution in [0.25, 0.3) is 11.0 Å². The Morgan fingerprint density at radius 2 is 1.76 bits per heavy atom. The summed E-state index contributed by atoms with van der Waals surface area (Å²) in [6.07, 6.45) is 5.39. The highest BCUT2D eigenvalue weighted by molar-refractivity contribution is 5.99. The molecule has 1 N–H and O–H groups in total. The maximum Gasteiger partial charge on any atom is 0.335 e. The number of benzene rings is 2. The summed E-state index contributed by atoms with van der Waals surface area (Å²) in [5.74, 6) is 0.00168. The lowest BCUT2D eigenvalue weighted by atomic mass is 9.82. The minimum atomic E-state index is -1.28. The SMILES string of the molecule is O=C(O)c1ccc2nc(CN3CCC(c4cccc(OCc5ccc(C(=O)C6CC6)cc5F)n4)CC3)n(CC3(F)CCC3)c2c1. The van der Waals surface area contributed by atoms with Crippen LogP contribution < -0.4 is 4.74 Å². The molecule has 234 valence electrons. The molecule has 3 aliphatic rings. The Morgan fingerprint density at radius 1 is 0.978 bits per heavy atom. The zero-order valence-electron chi connectivity index (χ0n) is 25.1. The Kier molecular flexibility index (Phi) is 7.85. The molecule has 0 atom stereocenters. The first-order valence-corrected chi connectivity index (χ1v) is 15.8. The Hall–Kier alpha value is -4.18. The number of carbonyl (C=O) groups is 2. The predicted octanol–water partition coefficient (Wildman–Crippen LogP) is 6.71. The second kappa shape index (κ2) is 12.0. The van der Waals surface area contributed by atoms with E-state index in [1.54, 1.807) is 36.4 Å². The van der Waals surface area contributed by atoms with Crippen LogP contribution in [0.5, 0.6) is 5.88 Å². The van der Waals surface area contributed by atoms with Crippen molar-refractivity contribution in [1.29, 1.82) is 0 Å². The molecule has 7 rings (SSSR count).